The third kappa shape index (κ3) is 6.38. The van der Waals surface area contributed by atoms with Crippen LogP contribution in [0.4, 0.5) is 19.0 Å². The molecule has 1 aliphatic heterocycles. The second-order valence-electron chi connectivity index (χ2n) is 8.38. The summed E-state index contributed by atoms with van der Waals surface area (Å²) in [7, 11) is -3.18. The lowest BCUT2D eigenvalue weighted by Crippen LogP contribution is -2.38. The highest BCUT2D eigenvalue weighted by atomic mass is 32.2. The molecule has 4 rings (SSSR count). The maximum Gasteiger partial charge on any atom is 0.490 e. The number of aliphatic carboxylic acids is 1. The molecule has 10 nitrogen and oxygen atoms in total. The van der Waals surface area contributed by atoms with E-state index in [1.807, 2.05) is 24.4 Å². The maximum atomic E-state index is 12.2. The zero-order chi connectivity index (χ0) is 27.5. The minimum absolute atomic E-state index is 0.114. The minimum atomic E-state index is -5.08. The minimum Gasteiger partial charge on any atom is -0.475 e. The first-order chi connectivity index (χ1) is 17.2. The number of carbonyl (C=O) groups is 2. The van der Waals surface area contributed by atoms with Crippen LogP contribution in [0.2, 0.25) is 0 Å². The third-order valence-electron chi connectivity index (χ3n) is 6.05. The molecule has 0 aliphatic carbocycles. The van der Waals surface area contributed by atoms with E-state index in [1.165, 1.54) is 0 Å². The molecule has 6 N–H and O–H groups in total. The van der Waals surface area contributed by atoms with Gasteiger partial charge in [-0.2, -0.15) is 13.2 Å². The van der Waals surface area contributed by atoms with Crippen molar-refractivity contribution in [2.45, 2.75) is 31.9 Å². The van der Waals surface area contributed by atoms with Crippen molar-refractivity contribution in [1.29, 1.82) is 0 Å². The number of nitrogens with two attached hydrogens (primary N) is 2. The van der Waals surface area contributed by atoms with E-state index in [0.717, 1.165) is 29.4 Å². The number of benzene rings is 1. The predicted octanol–water partition coefficient (Wildman–Crippen LogP) is 3.07. The lowest BCUT2D eigenvalue weighted by atomic mass is 9.89. The first-order valence-corrected chi connectivity index (χ1v) is 12.8. The number of sulfonamides is 1. The number of nitrogens with zero attached hydrogens (tertiary/aromatic N) is 2. The van der Waals surface area contributed by atoms with Gasteiger partial charge in [0, 0.05) is 30.2 Å². The molecule has 0 spiro atoms. The number of nitrogens with one attached hydrogen (secondary N) is 1. The smallest absolute Gasteiger partial charge is 0.475 e. The van der Waals surface area contributed by atoms with E-state index < -0.39 is 28.1 Å². The third-order valence-corrected chi connectivity index (χ3v) is 7.93. The highest BCUT2D eigenvalue weighted by molar-refractivity contribution is 7.89. The van der Waals surface area contributed by atoms with Crippen LogP contribution in [0.15, 0.2) is 36.5 Å². The van der Waals surface area contributed by atoms with Crippen LogP contribution in [0.3, 0.4) is 0 Å². The molecule has 0 bridgehead atoms. The highest BCUT2D eigenvalue weighted by Crippen LogP contribution is 2.37. The summed E-state index contributed by atoms with van der Waals surface area (Å²) in [6.07, 6.45) is -1.74. The van der Waals surface area contributed by atoms with E-state index in [-0.39, 0.29) is 11.7 Å². The summed E-state index contributed by atoms with van der Waals surface area (Å²) >= 11 is 0. The zero-order valence-corrected chi connectivity index (χ0v) is 20.6. The Kier molecular flexibility index (Phi) is 8.12. The first kappa shape index (κ1) is 27.9. The fourth-order valence-corrected chi connectivity index (χ4v) is 5.31. The number of hydrogen-bond donors (Lipinski definition) is 4. The van der Waals surface area contributed by atoms with Gasteiger partial charge in [-0.1, -0.05) is 6.07 Å². The molecule has 0 unspecified atom stereocenters. The Bertz CT molecular complexity index is 1410. The lowest BCUT2D eigenvalue weighted by molar-refractivity contribution is -0.192. The van der Waals surface area contributed by atoms with Gasteiger partial charge in [-0.15, -0.1) is 0 Å². The number of carboxylic acids is 1. The molecule has 1 amide bonds. The second-order valence-corrected chi connectivity index (χ2v) is 10.6. The number of pyridine rings is 1. The van der Waals surface area contributed by atoms with Crippen LogP contribution in [0.5, 0.6) is 0 Å². The van der Waals surface area contributed by atoms with E-state index >= 15 is 0 Å². The van der Waals surface area contributed by atoms with Crippen molar-refractivity contribution in [3.05, 3.63) is 47.7 Å². The number of nitrogen functional groups attached to an aromatic ring is 1. The fourth-order valence-electron chi connectivity index (χ4n) is 4.17. The number of fused-ring (bicyclic) bond motifs is 1. The number of carboxylic acid groups (broad SMARTS) is 1. The molecular weight excluding hydrogens is 515 g/mol. The van der Waals surface area contributed by atoms with Gasteiger partial charge in [-0.25, -0.2) is 22.5 Å². The number of aromatic amines is 1. The Labute approximate surface area is 210 Å². The molecule has 0 radical (unpaired) electrons. The van der Waals surface area contributed by atoms with Gasteiger partial charge in [-0.3, -0.25) is 4.79 Å². The van der Waals surface area contributed by atoms with Crippen LogP contribution >= 0.6 is 0 Å². The number of rotatable bonds is 5. The van der Waals surface area contributed by atoms with Gasteiger partial charge in [0.15, 0.2) is 0 Å². The van der Waals surface area contributed by atoms with Gasteiger partial charge in [0.25, 0.3) is 5.91 Å². The Morgan fingerprint density at radius 2 is 1.84 bits per heavy atom. The van der Waals surface area contributed by atoms with E-state index in [9.17, 15) is 26.4 Å². The Morgan fingerprint density at radius 3 is 2.35 bits per heavy atom. The van der Waals surface area contributed by atoms with Gasteiger partial charge in [-0.05, 0) is 55.5 Å². The molecule has 2 aromatic heterocycles. The van der Waals surface area contributed by atoms with E-state index in [2.05, 4.69) is 9.97 Å². The average Bonchev–Trinajstić information content (AvgIpc) is 3.27. The van der Waals surface area contributed by atoms with Crippen molar-refractivity contribution in [2.75, 3.05) is 24.6 Å². The molecule has 1 aliphatic rings. The van der Waals surface area contributed by atoms with Gasteiger partial charge in [0.2, 0.25) is 10.0 Å². The number of H-pyrrole nitrogens is 1. The number of aromatic nitrogens is 2. The van der Waals surface area contributed by atoms with E-state index in [1.54, 1.807) is 23.4 Å². The molecule has 0 atom stereocenters. The fraction of sp³-hybridized carbons (Fsp3) is 0.348. The van der Waals surface area contributed by atoms with Crippen LogP contribution in [0, 0.1) is 0 Å². The van der Waals surface area contributed by atoms with Crippen LogP contribution in [0.1, 0.15) is 41.6 Å². The summed E-state index contributed by atoms with van der Waals surface area (Å²) in [6.45, 7) is 2.65. The van der Waals surface area contributed by atoms with Crippen molar-refractivity contribution in [3.8, 4) is 11.3 Å². The quantitative estimate of drug-likeness (QED) is 0.384. The summed E-state index contributed by atoms with van der Waals surface area (Å²) in [5.74, 6) is -2.59. The van der Waals surface area contributed by atoms with Crippen LogP contribution in [0.25, 0.3) is 22.2 Å². The van der Waals surface area contributed by atoms with Crippen LogP contribution < -0.4 is 11.5 Å². The summed E-state index contributed by atoms with van der Waals surface area (Å²) in [5.41, 5.74) is 15.0. The number of piperidine rings is 1. The molecule has 14 heteroatoms. The molecule has 0 saturated carbocycles. The average molecular weight is 542 g/mol. The summed E-state index contributed by atoms with van der Waals surface area (Å²) in [4.78, 5) is 28.6. The number of carbonyl (C=O) groups excluding carboxylic acids is 1. The number of halogens is 3. The Balaban J connectivity index is 0.000000479. The number of primary amides is 1. The van der Waals surface area contributed by atoms with Crippen LogP contribution in [-0.2, 0) is 14.8 Å². The van der Waals surface area contributed by atoms with E-state index in [0.29, 0.717) is 35.7 Å². The number of alkyl halides is 3. The van der Waals surface area contributed by atoms with E-state index in [4.69, 9.17) is 21.4 Å². The second kappa shape index (κ2) is 10.8. The molecule has 1 aromatic carbocycles. The zero-order valence-electron chi connectivity index (χ0n) is 19.7. The SMILES string of the molecule is CCS(=O)(=O)N1CCC(c2c[nH]c3c(C(N)=O)cc(-c4cccc(N)n4)cc23)CC1.O=C(O)C(F)(F)F. The van der Waals surface area contributed by atoms with Crippen molar-refractivity contribution in [2.24, 2.45) is 5.73 Å². The number of hydrogen-bond acceptors (Lipinski definition) is 6. The lowest BCUT2D eigenvalue weighted by Gasteiger charge is -2.31. The Morgan fingerprint density at radius 1 is 1.22 bits per heavy atom. The Hall–Kier alpha value is -3.65. The van der Waals surface area contributed by atoms with Gasteiger partial charge in [0.05, 0.1) is 22.5 Å². The number of amides is 1. The normalized spacial score (nSPS) is 15.2. The molecule has 37 heavy (non-hydrogen) atoms. The molecule has 3 heterocycles. The monoisotopic (exact) mass is 541 g/mol. The first-order valence-electron chi connectivity index (χ1n) is 11.2. The predicted molar refractivity (Wildman–Crippen MR) is 131 cm³/mol. The van der Waals surface area contributed by atoms with Crippen LogP contribution in [-0.4, -0.2) is 64.7 Å². The van der Waals surface area contributed by atoms with Gasteiger partial charge >= 0.3 is 12.1 Å². The van der Waals surface area contributed by atoms with Crippen molar-refractivity contribution < 1.29 is 36.3 Å². The van der Waals surface area contributed by atoms with Gasteiger partial charge in [0.1, 0.15) is 5.82 Å². The topological polar surface area (TPSA) is 172 Å². The van der Waals surface area contributed by atoms with Gasteiger partial charge < -0.3 is 21.6 Å². The van der Waals surface area contributed by atoms with Crippen molar-refractivity contribution in [3.63, 3.8) is 0 Å². The molecule has 1 saturated heterocycles. The largest absolute Gasteiger partial charge is 0.490 e. The van der Waals surface area contributed by atoms with Crippen molar-refractivity contribution in [1.82, 2.24) is 14.3 Å². The standard InChI is InChI=1S/C21H25N5O3S.C2HF3O2/c1-2-30(28,29)26-8-6-13(7-9-26)17-12-24-20-15(17)10-14(11-16(20)21(23)27)18-4-3-5-19(22)25-18;3-2(4,5)1(6)7/h3-5,10-13,24H,2,6-9H2,1H3,(H2,22,25)(H2,23,27);(H,6,7). The number of anilines is 1. The maximum absolute atomic E-state index is 12.2. The highest BCUT2D eigenvalue weighted by Gasteiger charge is 2.38. The van der Waals surface area contributed by atoms with Crippen molar-refractivity contribution >= 4 is 38.6 Å². The molecule has 200 valence electrons. The summed E-state index contributed by atoms with van der Waals surface area (Å²) < 4.78 is 57.6. The summed E-state index contributed by atoms with van der Waals surface area (Å²) in [5, 5.41) is 8.03. The molecular formula is C23H26F3N5O5S. The molecule has 3 aromatic rings. The molecule has 1 fully saturated rings. The summed E-state index contributed by atoms with van der Waals surface area (Å²) in [6, 6.07) is 9.07.